The first-order valence-electron chi connectivity index (χ1n) is 9.15. The van der Waals surface area contributed by atoms with Crippen LogP contribution in [0.3, 0.4) is 0 Å². The van der Waals surface area contributed by atoms with Gasteiger partial charge in [0.25, 0.3) is 0 Å². The van der Waals surface area contributed by atoms with E-state index in [1.54, 1.807) is 13.2 Å². The number of benzene rings is 3. The summed E-state index contributed by atoms with van der Waals surface area (Å²) in [5.41, 5.74) is -0.127. The topological polar surface area (TPSA) is 35.5 Å². The zero-order valence-electron chi connectivity index (χ0n) is 16.6. The lowest BCUT2D eigenvalue weighted by atomic mass is 10.1. The fraction of sp³-hybridized carbons (Fsp3) is 0.208. The predicted octanol–water partition coefficient (Wildman–Crippen LogP) is 5.75. The molecule has 0 saturated carbocycles. The molecule has 0 aromatic heterocycles. The summed E-state index contributed by atoms with van der Waals surface area (Å²) in [6, 6.07) is 26.2. The van der Waals surface area contributed by atoms with Crippen LogP contribution in [0.4, 0.5) is 0 Å². The highest BCUT2D eigenvalue weighted by Gasteiger charge is 2.34. The van der Waals surface area contributed by atoms with Crippen LogP contribution in [-0.2, 0) is 15.6 Å². The third-order valence-electron chi connectivity index (χ3n) is 3.98. The van der Waals surface area contributed by atoms with E-state index in [2.05, 4.69) is 24.3 Å². The highest BCUT2D eigenvalue weighted by Crippen LogP contribution is 2.38. The Kier molecular flexibility index (Phi) is 6.10. The lowest BCUT2D eigenvalue weighted by molar-refractivity contribution is 0.00660. The third kappa shape index (κ3) is 4.57. The molecule has 0 heterocycles. The maximum atomic E-state index is 12.8. The Morgan fingerprint density at radius 1 is 0.786 bits per heavy atom. The molecule has 0 bridgehead atoms. The highest BCUT2D eigenvalue weighted by molar-refractivity contribution is 7.97. The van der Waals surface area contributed by atoms with E-state index in [0.29, 0.717) is 11.3 Å². The number of hydrogen-bond donors (Lipinski definition) is 0. The first kappa shape index (κ1) is 20.0. The molecular weight excluding hydrogens is 368 g/mol. The molecule has 0 aliphatic heterocycles. The van der Waals surface area contributed by atoms with Crippen molar-refractivity contribution in [1.82, 2.24) is 0 Å². The molecule has 3 aromatic rings. The fourth-order valence-corrected chi connectivity index (χ4v) is 5.12. The SMILES string of the molecule is COc1c(C(=O)OC(C)(C)C)cccc1[S+](c1ccccc1)c1ccccc1. The fourth-order valence-electron chi connectivity index (χ4n) is 2.88. The first-order valence-corrected chi connectivity index (χ1v) is 10.4. The first-order chi connectivity index (χ1) is 13.4. The van der Waals surface area contributed by atoms with Crippen molar-refractivity contribution in [2.24, 2.45) is 0 Å². The molecule has 144 valence electrons. The molecule has 4 heteroatoms. The van der Waals surface area contributed by atoms with Crippen LogP contribution in [0.5, 0.6) is 5.75 Å². The van der Waals surface area contributed by atoms with Gasteiger partial charge in [0.2, 0.25) is 4.90 Å². The third-order valence-corrected chi connectivity index (χ3v) is 6.23. The van der Waals surface area contributed by atoms with E-state index in [9.17, 15) is 4.79 Å². The lowest BCUT2D eigenvalue weighted by Crippen LogP contribution is -2.24. The number of carbonyl (C=O) groups is 1. The summed E-state index contributed by atoms with van der Waals surface area (Å²) in [4.78, 5) is 16.1. The van der Waals surface area contributed by atoms with E-state index in [4.69, 9.17) is 9.47 Å². The smallest absolute Gasteiger partial charge is 0.342 e. The van der Waals surface area contributed by atoms with Crippen LogP contribution < -0.4 is 4.74 Å². The summed E-state index contributed by atoms with van der Waals surface area (Å²) in [5.74, 6) is 0.184. The molecule has 0 aliphatic carbocycles. The predicted molar refractivity (Wildman–Crippen MR) is 113 cm³/mol. The van der Waals surface area contributed by atoms with E-state index < -0.39 is 16.5 Å². The van der Waals surface area contributed by atoms with Crippen molar-refractivity contribution in [1.29, 1.82) is 0 Å². The van der Waals surface area contributed by atoms with E-state index in [1.807, 2.05) is 69.3 Å². The number of carbonyl (C=O) groups excluding carboxylic acids is 1. The molecule has 0 amide bonds. The zero-order valence-corrected chi connectivity index (χ0v) is 17.5. The van der Waals surface area contributed by atoms with Gasteiger partial charge in [0.15, 0.2) is 15.5 Å². The molecule has 0 fully saturated rings. The molecule has 28 heavy (non-hydrogen) atoms. The Bertz CT molecular complexity index is 892. The van der Waals surface area contributed by atoms with Crippen LogP contribution in [-0.4, -0.2) is 18.7 Å². The van der Waals surface area contributed by atoms with Crippen LogP contribution in [0, 0.1) is 0 Å². The van der Waals surface area contributed by atoms with Crippen LogP contribution in [0.15, 0.2) is 93.5 Å². The molecule has 0 saturated heterocycles. The van der Waals surface area contributed by atoms with Gasteiger partial charge in [0, 0.05) is 0 Å². The van der Waals surface area contributed by atoms with Crippen LogP contribution in [0.2, 0.25) is 0 Å². The van der Waals surface area contributed by atoms with Crippen molar-refractivity contribution in [2.45, 2.75) is 41.1 Å². The zero-order chi connectivity index (χ0) is 20.1. The molecule has 0 spiro atoms. The second kappa shape index (κ2) is 8.53. The summed E-state index contributed by atoms with van der Waals surface area (Å²) in [6.07, 6.45) is 0. The van der Waals surface area contributed by atoms with E-state index in [0.717, 1.165) is 14.7 Å². The second-order valence-corrected chi connectivity index (χ2v) is 9.27. The van der Waals surface area contributed by atoms with Gasteiger partial charge in [-0.2, -0.15) is 0 Å². The minimum absolute atomic E-state index is 0.379. The van der Waals surface area contributed by atoms with Gasteiger partial charge < -0.3 is 9.47 Å². The maximum absolute atomic E-state index is 12.8. The Hall–Kier alpha value is -2.72. The quantitative estimate of drug-likeness (QED) is 0.409. The van der Waals surface area contributed by atoms with Crippen LogP contribution in [0.25, 0.3) is 0 Å². The highest BCUT2D eigenvalue weighted by atomic mass is 32.2. The molecular formula is C24H25O3S+. The van der Waals surface area contributed by atoms with Crippen molar-refractivity contribution in [3.05, 3.63) is 84.4 Å². The van der Waals surface area contributed by atoms with Crippen LogP contribution >= 0.6 is 0 Å². The molecule has 3 nitrogen and oxygen atoms in total. The Morgan fingerprint density at radius 3 is 1.79 bits per heavy atom. The second-order valence-electron chi connectivity index (χ2n) is 7.27. The number of rotatable bonds is 5. The Labute approximate surface area is 169 Å². The molecule has 0 N–H and O–H groups in total. The summed E-state index contributed by atoms with van der Waals surface area (Å²) >= 11 is 0. The normalized spacial score (nSPS) is 11.3. The van der Waals surface area contributed by atoms with Gasteiger partial charge >= 0.3 is 5.97 Å². The standard InChI is InChI=1S/C24H25O3S/c1-24(2,3)27-23(25)20-16-11-17-21(22(20)26-4)28(18-12-7-5-8-13-18)19-14-9-6-10-15-19/h5-17H,1-4H3/q+1. The summed E-state index contributed by atoms with van der Waals surface area (Å²) in [7, 11) is 1.19. The van der Waals surface area contributed by atoms with Gasteiger partial charge in [-0.3, -0.25) is 0 Å². The number of hydrogen-bond acceptors (Lipinski definition) is 3. The number of esters is 1. The van der Waals surface area contributed by atoms with Gasteiger partial charge in [-0.15, -0.1) is 0 Å². The number of methoxy groups -OCH3 is 1. The van der Waals surface area contributed by atoms with Gasteiger partial charge in [-0.05, 0) is 57.2 Å². The van der Waals surface area contributed by atoms with Gasteiger partial charge in [-0.25, -0.2) is 4.79 Å². The average Bonchev–Trinajstić information content (AvgIpc) is 2.68. The van der Waals surface area contributed by atoms with Gasteiger partial charge in [0.1, 0.15) is 22.1 Å². The molecule has 0 unspecified atom stereocenters. The van der Waals surface area contributed by atoms with Crippen molar-refractivity contribution in [2.75, 3.05) is 7.11 Å². The van der Waals surface area contributed by atoms with Crippen molar-refractivity contribution >= 4 is 16.9 Å². The van der Waals surface area contributed by atoms with Crippen molar-refractivity contribution < 1.29 is 14.3 Å². The maximum Gasteiger partial charge on any atom is 0.342 e. The van der Waals surface area contributed by atoms with Gasteiger partial charge in [0.05, 0.1) is 7.11 Å². The molecule has 0 radical (unpaired) electrons. The summed E-state index contributed by atoms with van der Waals surface area (Å²) in [5, 5.41) is 0. The Morgan fingerprint density at radius 2 is 1.32 bits per heavy atom. The molecule has 0 atom stereocenters. The minimum atomic E-state index is -0.571. The van der Waals surface area contributed by atoms with E-state index >= 15 is 0 Å². The van der Waals surface area contributed by atoms with Crippen LogP contribution in [0.1, 0.15) is 31.1 Å². The summed E-state index contributed by atoms with van der Waals surface area (Å²) in [6.45, 7) is 5.58. The van der Waals surface area contributed by atoms with Crippen molar-refractivity contribution in [3.63, 3.8) is 0 Å². The largest absolute Gasteiger partial charge is 0.491 e. The molecule has 3 rings (SSSR count). The lowest BCUT2D eigenvalue weighted by Gasteiger charge is -2.20. The minimum Gasteiger partial charge on any atom is -0.491 e. The van der Waals surface area contributed by atoms with Gasteiger partial charge in [-0.1, -0.05) is 42.5 Å². The van der Waals surface area contributed by atoms with E-state index in [1.165, 1.54) is 0 Å². The number of ether oxygens (including phenoxy) is 2. The summed E-state index contributed by atoms with van der Waals surface area (Å²) < 4.78 is 11.3. The monoisotopic (exact) mass is 393 g/mol. The van der Waals surface area contributed by atoms with Crippen molar-refractivity contribution in [3.8, 4) is 5.75 Å². The Balaban J connectivity index is 2.16. The van der Waals surface area contributed by atoms with E-state index in [-0.39, 0.29) is 5.97 Å². The average molecular weight is 394 g/mol. The number of para-hydroxylation sites is 1. The molecule has 0 aliphatic rings. The molecule has 3 aromatic carbocycles.